The molecule has 1 saturated heterocycles. The molecule has 1 heterocycles. The van der Waals surface area contributed by atoms with Crippen molar-refractivity contribution in [1.82, 2.24) is 0 Å². The van der Waals surface area contributed by atoms with Gasteiger partial charge in [-0.25, -0.2) is 0 Å². The lowest BCUT2D eigenvalue weighted by atomic mass is 9.95. The zero-order chi connectivity index (χ0) is 27.4. The molecule has 196 valence electrons. The molecule has 1 unspecified atom stereocenters. The molecule has 0 aromatic heterocycles. The van der Waals surface area contributed by atoms with Crippen molar-refractivity contribution in [3.8, 4) is 11.5 Å². The van der Waals surface area contributed by atoms with Crippen LogP contribution in [0.3, 0.4) is 0 Å². The van der Waals surface area contributed by atoms with Gasteiger partial charge < -0.3 is 19.3 Å². The number of carbonyl (C=O) groups excluding carboxylic acids is 3. The summed E-state index contributed by atoms with van der Waals surface area (Å²) in [4.78, 5) is 39.8. The minimum Gasteiger partial charge on any atom is -0.507 e. The normalized spacial score (nSPS) is 16.6. The molecule has 38 heavy (non-hydrogen) atoms. The first-order chi connectivity index (χ1) is 18.2. The van der Waals surface area contributed by atoms with Crippen LogP contribution in [0, 0.1) is 0 Å². The highest BCUT2D eigenvalue weighted by Gasteiger charge is 2.47. The van der Waals surface area contributed by atoms with E-state index >= 15 is 0 Å². The Kier molecular flexibility index (Phi) is 7.81. The largest absolute Gasteiger partial charge is 0.507 e. The van der Waals surface area contributed by atoms with Gasteiger partial charge in [0.1, 0.15) is 17.3 Å². The number of aliphatic hydroxyl groups is 1. The molecule has 1 fully saturated rings. The Hall–Kier alpha value is -4.59. The molecule has 0 bridgehead atoms. The molecule has 1 atom stereocenters. The summed E-state index contributed by atoms with van der Waals surface area (Å²) in [5.74, 6) is -1.11. The van der Waals surface area contributed by atoms with Crippen LogP contribution in [-0.4, -0.2) is 43.1 Å². The SMILES string of the molecule is COC(=O)Cc1ccc(N2C(=O)C(=O)/C(=C(\O)c3ccc(OC(C)C)cc3)C2c2cccc(OC)c2)cc1. The highest BCUT2D eigenvalue weighted by atomic mass is 16.5. The minimum absolute atomic E-state index is 0.0214. The van der Waals surface area contributed by atoms with Crippen LogP contribution in [0.25, 0.3) is 5.76 Å². The third-order valence-electron chi connectivity index (χ3n) is 6.14. The lowest BCUT2D eigenvalue weighted by Gasteiger charge is -2.26. The minimum atomic E-state index is -0.914. The van der Waals surface area contributed by atoms with Gasteiger partial charge in [-0.15, -0.1) is 0 Å². The van der Waals surface area contributed by atoms with Gasteiger partial charge in [-0.3, -0.25) is 19.3 Å². The van der Waals surface area contributed by atoms with Gasteiger partial charge in [0.25, 0.3) is 11.7 Å². The molecule has 3 aromatic rings. The average molecular weight is 516 g/mol. The third kappa shape index (κ3) is 5.39. The summed E-state index contributed by atoms with van der Waals surface area (Å²) in [7, 11) is 2.84. The second-order valence-electron chi connectivity index (χ2n) is 9.06. The van der Waals surface area contributed by atoms with Gasteiger partial charge >= 0.3 is 5.97 Å². The Morgan fingerprint density at radius 2 is 1.63 bits per heavy atom. The molecule has 1 amide bonds. The van der Waals surface area contributed by atoms with E-state index in [9.17, 15) is 19.5 Å². The number of methoxy groups -OCH3 is 2. The number of ether oxygens (including phenoxy) is 3. The molecule has 4 rings (SSSR count). The van der Waals surface area contributed by atoms with E-state index in [-0.39, 0.29) is 29.8 Å². The molecule has 0 radical (unpaired) electrons. The molecule has 3 aromatic carbocycles. The predicted molar refractivity (Wildman–Crippen MR) is 142 cm³/mol. The molecule has 8 nitrogen and oxygen atoms in total. The van der Waals surface area contributed by atoms with Crippen LogP contribution in [0.2, 0.25) is 0 Å². The Labute approximate surface area is 221 Å². The van der Waals surface area contributed by atoms with Crippen molar-refractivity contribution in [2.24, 2.45) is 0 Å². The van der Waals surface area contributed by atoms with Gasteiger partial charge in [0, 0.05) is 11.3 Å². The quantitative estimate of drug-likeness (QED) is 0.199. The number of anilines is 1. The Morgan fingerprint density at radius 1 is 0.947 bits per heavy atom. The maximum atomic E-state index is 13.4. The van der Waals surface area contributed by atoms with E-state index in [2.05, 4.69) is 0 Å². The van der Waals surface area contributed by atoms with Gasteiger partial charge in [-0.05, 0) is 73.5 Å². The lowest BCUT2D eigenvalue weighted by Crippen LogP contribution is -2.29. The maximum Gasteiger partial charge on any atom is 0.309 e. The fourth-order valence-electron chi connectivity index (χ4n) is 4.36. The molecule has 1 aliphatic rings. The third-order valence-corrected chi connectivity index (χ3v) is 6.14. The number of hydrogen-bond acceptors (Lipinski definition) is 7. The van der Waals surface area contributed by atoms with E-state index in [0.717, 1.165) is 0 Å². The summed E-state index contributed by atoms with van der Waals surface area (Å²) in [6.07, 6.45) is 0.0534. The predicted octanol–water partition coefficient (Wildman–Crippen LogP) is 4.82. The topological polar surface area (TPSA) is 102 Å². The number of nitrogens with zero attached hydrogens (tertiary/aromatic N) is 1. The number of benzene rings is 3. The molecular formula is C30H29NO7. The fraction of sp³-hybridized carbons (Fsp3) is 0.233. The van der Waals surface area contributed by atoms with Crippen molar-refractivity contribution < 1.29 is 33.7 Å². The summed E-state index contributed by atoms with van der Waals surface area (Å²) in [5.41, 5.74) is 2.05. The molecule has 0 aliphatic carbocycles. The smallest absolute Gasteiger partial charge is 0.309 e. The number of aliphatic hydroxyl groups excluding tert-OH is 1. The summed E-state index contributed by atoms with van der Waals surface area (Å²) in [6.45, 7) is 3.82. The van der Waals surface area contributed by atoms with Crippen LogP contribution in [-0.2, 0) is 25.5 Å². The summed E-state index contributed by atoms with van der Waals surface area (Å²) in [6, 6.07) is 19.5. The van der Waals surface area contributed by atoms with Crippen LogP contribution < -0.4 is 14.4 Å². The molecule has 8 heteroatoms. The highest BCUT2D eigenvalue weighted by Crippen LogP contribution is 2.43. The van der Waals surface area contributed by atoms with E-state index in [1.807, 2.05) is 13.8 Å². The fourth-order valence-corrected chi connectivity index (χ4v) is 4.36. The first-order valence-corrected chi connectivity index (χ1v) is 12.1. The second-order valence-corrected chi connectivity index (χ2v) is 9.06. The van der Waals surface area contributed by atoms with Crippen LogP contribution >= 0.6 is 0 Å². The monoisotopic (exact) mass is 515 g/mol. The zero-order valence-corrected chi connectivity index (χ0v) is 21.6. The standard InChI is InChI=1S/C30H29NO7/c1-18(2)38-23-14-10-20(11-15-23)28(33)26-27(21-6-5-7-24(17-21)36-3)31(30(35)29(26)34)22-12-8-19(9-13-22)16-25(32)37-4/h5-15,17-18,27,33H,16H2,1-4H3/b28-26-. The summed E-state index contributed by atoms with van der Waals surface area (Å²) < 4.78 is 15.8. The summed E-state index contributed by atoms with van der Waals surface area (Å²) in [5, 5.41) is 11.3. The van der Waals surface area contributed by atoms with Gasteiger partial charge in [-0.2, -0.15) is 0 Å². The number of amides is 1. The Morgan fingerprint density at radius 3 is 2.24 bits per heavy atom. The highest BCUT2D eigenvalue weighted by molar-refractivity contribution is 6.51. The second kappa shape index (κ2) is 11.2. The molecule has 1 N–H and O–H groups in total. The van der Waals surface area contributed by atoms with Crippen LogP contribution in [0.15, 0.2) is 78.4 Å². The number of rotatable bonds is 8. The number of hydrogen-bond donors (Lipinski definition) is 1. The van der Waals surface area contributed by atoms with Crippen molar-refractivity contribution in [2.45, 2.75) is 32.4 Å². The first-order valence-electron chi connectivity index (χ1n) is 12.1. The number of carbonyl (C=O) groups is 3. The first kappa shape index (κ1) is 26.5. The van der Waals surface area contributed by atoms with E-state index < -0.39 is 17.7 Å². The average Bonchev–Trinajstić information content (AvgIpc) is 3.19. The van der Waals surface area contributed by atoms with E-state index in [4.69, 9.17) is 14.2 Å². The number of Topliss-reactive ketones (excluding diaryl/α,β-unsaturated/α-hetero) is 1. The number of ketones is 1. The van der Waals surface area contributed by atoms with Crippen molar-refractivity contribution >= 4 is 29.1 Å². The maximum absolute atomic E-state index is 13.4. The van der Waals surface area contributed by atoms with Crippen molar-refractivity contribution in [3.05, 3.63) is 95.1 Å². The summed E-state index contributed by atoms with van der Waals surface area (Å²) >= 11 is 0. The van der Waals surface area contributed by atoms with Gasteiger partial charge in [-0.1, -0.05) is 24.3 Å². The van der Waals surface area contributed by atoms with Gasteiger partial charge in [0.15, 0.2) is 0 Å². The Balaban J connectivity index is 1.82. The molecule has 0 spiro atoms. The zero-order valence-electron chi connectivity index (χ0n) is 21.6. The van der Waals surface area contributed by atoms with Crippen molar-refractivity contribution in [1.29, 1.82) is 0 Å². The van der Waals surface area contributed by atoms with Gasteiger partial charge in [0.05, 0.1) is 38.4 Å². The van der Waals surface area contributed by atoms with E-state index in [1.165, 1.54) is 19.1 Å². The molecule has 1 aliphatic heterocycles. The van der Waals surface area contributed by atoms with Crippen molar-refractivity contribution in [2.75, 3.05) is 19.1 Å². The van der Waals surface area contributed by atoms with Crippen LogP contribution in [0.4, 0.5) is 5.69 Å². The lowest BCUT2D eigenvalue weighted by molar-refractivity contribution is -0.139. The molecule has 0 saturated carbocycles. The Bertz CT molecular complexity index is 1370. The molecular weight excluding hydrogens is 486 g/mol. The van der Waals surface area contributed by atoms with Gasteiger partial charge in [0.2, 0.25) is 0 Å². The van der Waals surface area contributed by atoms with Crippen LogP contribution in [0.5, 0.6) is 11.5 Å². The van der Waals surface area contributed by atoms with Crippen LogP contribution in [0.1, 0.15) is 36.6 Å². The van der Waals surface area contributed by atoms with Crippen molar-refractivity contribution in [3.63, 3.8) is 0 Å². The van der Waals surface area contributed by atoms with E-state index in [1.54, 1.807) is 72.8 Å². The van der Waals surface area contributed by atoms with E-state index in [0.29, 0.717) is 33.9 Å². The number of esters is 1.